The summed E-state index contributed by atoms with van der Waals surface area (Å²) in [5.41, 5.74) is 1.47. The molecule has 0 aliphatic heterocycles. The van der Waals surface area contributed by atoms with Crippen LogP contribution in [0, 0.1) is 6.92 Å². The molecule has 8 heteroatoms. The number of rotatable bonds is 7. The molecule has 3 aromatic rings. The number of ether oxygens (including phenoxy) is 2. The Morgan fingerprint density at radius 2 is 1.47 bits per heavy atom. The minimum absolute atomic E-state index is 0.0766. The van der Waals surface area contributed by atoms with Crippen molar-refractivity contribution in [2.75, 3.05) is 18.9 Å². The zero-order valence-corrected chi connectivity index (χ0v) is 18.2. The molecule has 30 heavy (non-hydrogen) atoms. The first kappa shape index (κ1) is 21.7. The van der Waals surface area contributed by atoms with Gasteiger partial charge in [0.2, 0.25) is 0 Å². The maximum Gasteiger partial charge on any atom is 0.261 e. The number of ketones is 1. The van der Waals surface area contributed by atoms with Gasteiger partial charge < -0.3 is 9.47 Å². The second kappa shape index (κ2) is 8.77. The van der Waals surface area contributed by atoms with Gasteiger partial charge in [-0.1, -0.05) is 29.3 Å². The Balaban J connectivity index is 2.11. The molecule has 0 aliphatic rings. The van der Waals surface area contributed by atoms with E-state index in [0.717, 1.165) is 5.56 Å². The van der Waals surface area contributed by atoms with E-state index in [-0.39, 0.29) is 21.9 Å². The highest BCUT2D eigenvalue weighted by atomic mass is 35.5. The maximum absolute atomic E-state index is 13.1. The molecule has 0 fully saturated rings. The Kier molecular flexibility index (Phi) is 6.34. The van der Waals surface area contributed by atoms with Gasteiger partial charge in [-0.15, -0.1) is 0 Å². The lowest BCUT2D eigenvalue weighted by atomic mass is 10.0. The predicted octanol–water partition coefficient (Wildman–Crippen LogP) is 4.70. The van der Waals surface area contributed by atoms with Gasteiger partial charge in [0.15, 0.2) is 17.3 Å². The van der Waals surface area contributed by atoms with Crippen LogP contribution in [0.2, 0.25) is 5.02 Å². The quantitative estimate of drug-likeness (QED) is 0.533. The largest absolute Gasteiger partial charge is 0.493 e. The summed E-state index contributed by atoms with van der Waals surface area (Å²) in [7, 11) is -1.08. The van der Waals surface area contributed by atoms with Crippen molar-refractivity contribution in [3.8, 4) is 11.5 Å². The first-order valence-corrected chi connectivity index (χ1v) is 10.8. The molecular weight excluding hydrogens is 426 g/mol. The Hall–Kier alpha value is -3.03. The van der Waals surface area contributed by atoms with Crippen molar-refractivity contribution in [2.45, 2.75) is 11.8 Å². The van der Waals surface area contributed by atoms with Crippen LogP contribution in [-0.4, -0.2) is 28.4 Å². The van der Waals surface area contributed by atoms with Crippen molar-refractivity contribution >= 4 is 33.1 Å². The van der Waals surface area contributed by atoms with Crippen LogP contribution in [0.15, 0.2) is 65.6 Å². The number of sulfonamides is 1. The molecule has 3 aromatic carbocycles. The van der Waals surface area contributed by atoms with Gasteiger partial charge in [-0.05, 0) is 49.4 Å². The first-order valence-electron chi connectivity index (χ1n) is 8.91. The van der Waals surface area contributed by atoms with Gasteiger partial charge >= 0.3 is 0 Å². The lowest BCUT2D eigenvalue weighted by molar-refractivity contribution is 0.103. The number of aryl methyl sites for hydroxylation is 1. The van der Waals surface area contributed by atoms with E-state index < -0.39 is 15.8 Å². The SMILES string of the molecule is COc1cc(NS(=O)(=O)c2ccc(C)cc2)c(C(=O)c2ccc(Cl)cc2)cc1OC. The molecular formula is C22H20ClNO5S. The van der Waals surface area contributed by atoms with E-state index in [1.807, 2.05) is 6.92 Å². The van der Waals surface area contributed by atoms with E-state index in [0.29, 0.717) is 16.3 Å². The number of carbonyl (C=O) groups excluding carboxylic acids is 1. The molecule has 0 saturated heterocycles. The molecule has 0 heterocycles. The van der Waals surface area contributed by atoms with Crippen LogP contribution in [0.25, 0.3) is 0 Å². The average Bonchev–Trinajstić information content (AvgIpc) is 2.73. The van der Waals surface area contributed by atoms with Crippen molar-refractivity contribution < 1.29 is 22.7 Å². The summed E-state index contributed by atoms with van der Waals surface area (Å²) in [4.78, 5) is 13.2. The average molecular weight is 446 g/mol. The maximum atomic E-state index is 13.1. The van der Waals surface area contributed by atoms with Crippen LogP contribution in [0.5, 0.6) is 11.5 Å². The molecule has 0 amide bonds. The summed E-state index contributed by atoms with van der Waals surface area (Å²) < 4.78 is 38.9. The number of anilines is 1. The third-order valence-electron chi connectivity index (χ3n) is 4.45. The number of halogens is 1. The van der Waals surface area contributed by atoms with Gasteiger partial charge in [0.25, 0.3) is 10.0 Å². The van der Waals surface area contributed by atoms with Crippen LogP contribution >= 0.6 is 11.6 Å². The second-order valence-electron chi connectivity index (χ2n) is 6.51. The minimum atomic E-state index is -3.94. The molecule has 0 atom stereocenters. The Morgan fingerprint density at radius 1 is 0.900 bits per heavy atom. The Bertz CT molecular complexity index is 1170. The summed E-state index contributed by atoms with van der Waals surface area (Å²) in [6.07, 6.45) is 0. The van der Waals surface area contributed by atoms with Crippen molar-refractivity contribution in [3.63, 3.8) is 0 Å². The minimum Gasteiger partial charge on any atom is -0.493 e. The monoisotopic (exact) mass is 445 g/mol. The first-order chi connectivity index (χ1) is 14.2. The van der Waals surface area contributed by atoms with Gasteiger partial charge in [-0.2, -0.15) is 0 Å². The molecule has 6 nitrogen and oxygen atoms in total. The highest BCUT2D eigenvalue weighted by Gasteiger charge is 2.23. The molecule has 3 rings (SSSR count). The summed E-state index contributed by atoms with van der Waals surface area (Å²) >= 11 is 5.91. The fraction of sp³-hybridized carbons (Fsp3) is 0.136. The van der Waals surface area contributed by atoms with E-state index in [4.69, 9.17) is 21.1 Å². The molecule has 0 aromatic heterocycles. The van der Waals surface area contributed by atoms with Gasteiger partial charge in [-0.25, -0.2) is 8.42 Å². The number of hydrogen-bond donors (Lipinski definition) is 1. The molecule has 0 aliphatic carbocycles. The van der Waals surface area contributed by atoms with Crippen LogP contribution in [-0.2, 0) is 10.0 Å². The fourth-order valence-electron chi connectivity index (χ4n) is 2.83. The van der Waals surface area contributed by atoms with Gasteiger partial charge in [0.05, 0.1) is 30.4 Å². The highest BCUT2D eigenvalue weighted by Crippen LogP contribution is 2.35. The molecule has 0 spiro atoms. The molecule has 0 unspecified atom stereocenters. The van der Waals surface area contributed by atoms with Gasteiger partial charge in [0.1, 0.15) is 0 Å². The lowest BCUT2D eigenvalue weighted by Gasteiger charge is -2.16. The summed E-state index contributed by atoms with van der Waals surface area (Å²) in [5, 5.41) is 0.485. The number of methoxy groups -OCH3 is 2. The molecule has 0 saturated carbocycles. The number of hydrogen-bond acceptors (Lipinski definition) is 5. The zero-order valence-electron chi connectivity index (χ0n) is 16.6. The van der Waals surface area contributed by atoms with Crippen molar-refractivity contribution in [1.29, 1.82) is 0 Å². The second-order valence-corrected chi connectivity index (χ2v) is 8.63. The number of carbonyl (C=O) groups is 1. The molecule has 0 radical (unpaired) electrons. The van der Waals surface area contributed by atoms with Gasteiger partial charge in [0, 0.05) is 16.7 Å². The molecule has 1 N–H and O–H groups in total. The van der Waals surface area contributed by atoms with Crippen molar-refractivity contribution in [3.05, 3.63) is 82.4 Å². The topological polar surface area (TPSA) is 81.7 Å². The van der Waals surface area contributed by atoms with Crippen LogP contribution < -0.4 is 14.2 Å². The lowest BCUT2D eigenvalue weighted by Crippen LogP contribution is -2.16. The van der Waals surface area contributed by atoms with Crippen LogP contribution in [0.3, 0.4) is 0 Å². The van der Waals surface area contributed by atoms with E-state index in [1.165, 1.54) is 38.5 Å². The van der Waals surface area contributed by atoms with Crippen LogP contribution in [0.1, 0.15) is 21.5 Å². The zero-order chi connectivity index (χ0) is 21.9. The third-order valence-corrected chi connectivity index (χ3v) is 6.08. The molecule has 0 bridgehead atoms. The van der Waals surface area contributed by atoms with E-state index in [2.05, 4.69) is 4.72 Å². The Labute approximate surface area is 180 Å². The van der Waals surface area contributed by atoms with E-state index >= 15 is 0 Å². The fourth-order valence-corrected chi connectivity index (χ4v) is 4.03. The van der Waals surface area contributed by atoms with Crippen molar-refractivity contribution in [2.24, 2.45) is 0 Å². The van der Waals surface area contributed by atoms with Crippen molar-refractivity contribution in [1.82, 2.24) is 0 Å². The highest BCUT2D eigenvalue weighted by molar-refractivity contribution is 7.92. The predicted molar refractivity (Wildman–Crippen MR) is 116 cm³/mol. The van der Waals surface area contributed by atoms with Gasteiger partial charge in [-0.3, -0.25) is 9.52 Å². The van der Waals surface area contributed by atoms with Crippen LogP contribution in [0.4, 0.5) is 5.69 Å². The summed E-state index contributed by atoms with van der Waals surface area (Å²) in [6, 6.07) is 15.6. The normalized spacial score (nSPS) is 11.1. The Morgan fingerprint density at radius 3 is 2.03 bits per heavy atom. The summed E-state index contributed by atoms with van der Waals surface area (Å²) in [6.45, 7) is 1.86. The standard InChI is InChI=1S/C22H20ClNO5S/c1-14-4-10-17(11-5-14)30(26,27)24-19-13-21(29-3)20(28-2)12-18(19)22(25)15-6-8-16(23)9-7-15/h4-13,24H,1-3H3. The molecule has 156 valence electrons. The van der Waals surface area contributed by atoms with E-state index in [1.54, 1.807) is 36.4 Å². The summed E-state index contributed by atoms with van der Waals surface area (Å²) in [5.74, 6) is 0.189. The number of nitrogens with one attached hydrogen (secondary N) is 1. The van der Waals surface area contributed by atoms with E-state index in [9.17, 15) is 13.2 Å². The smallest absolute Gasteiger partial charge is 0.261 e. The number of benzene rings is 3. The third kappa shape index (κ3) is 4.58.